The minimum absolute atomic E-state index is 0.118. The second-order valence-electron chi connectivity index (χ2n) is 5.56. The maximum atomic E-state index is 12.3. The van der Waals surface area contributed by atoms with Gasteiger partial charge in [0.05, 0.1) is 19.8 Å². The molecule has 5 heteroatoms. The summed E-state index contributed by atoms with van der Waals surface area (Å²) in [5.41, 5.74) is 2.51. The van der Waals surface area contributed by atoms with Crippen LogP contribution in [0.2, 0.25) is 0 Å². The number of morpholine rings is 1. The molecule has 0 bridgehead atoms. The van der Waals surface area contributed by atoms with E-state index in [4.69, 9.17) is 9.47 Å². The average molecular weight is 326 g/mol. The molecule has 1 aliphatic heterocycles. The zero-order chi connectivity index (χ0) is 16.8. The Hall–Kier alpha value is -2.53. The molecule has 0 spiro atoms. The van der Waals surface area contributed by atoms with E-state index in [1.807, 2.05) is 55.5 Å². The Morgan fingerprint density at radius 2 is 1.75 bits per heavy atom. The van der Waals surface area contributed by atoms with Gasteiger partial charge in [0.25, 0.3) is 5.91 Å². The summed E-state index contributed by atoms with van der Waals surface area (Å²) >= 11 is 0. The average Bonchev–Trinajstić information content (AvgIpc) is 2.64. The summed E-state index contributed by atoms with van der Waals surface area (Å²) in [4.78, 5) is 14.6. The number of hydrogen-bond acceptors (Lipinski definition) is 4. The Balaban J connectivity index is 1.62. The van der Waals surface area contributed by atoms with Crippen LogP contribution in [-0.4, -0.2) is 38.8 Å². The lowest BCUT2D eigenvalue weighted by Gasteiger charge is -2.28. The third-order valence-electron chi connectivity index (χ3n) is 3.93. The number of benzene rings is 2. The highest BCUT2D eigenvalue weighted by molar-refractivity contribution is 6.04. The normalized spacial score (nSPS) is 14.3. The molecule has 3 rings (SSSR count). The van der Waals surface area contributed by atoms with Gasteiger partial charge in [-0.1, -0.05) is 0 Å². The van der Waals surface area contributed by atoms with Crippen LogP contribution in [0.25, 0.3) is 0 Å². The molecule has 0 saturated carbocycles. The van der Waals surface area contributed by atoms with E-state index in [1.165, 1.54) is 0 Å². The minimum Gasteiger partial charge on any atom is -0.494 e. The Bertz CT molecular complexity index is 662. The first-order chi connectivity index (χ1) is 11.8. The van der Waals surface area contributed by atoms with Crippen molar-refractivity contribution >= 4 is 17.3 Å². The number of anilines is 2. The molecule has 1 fully saturated rings. The maximum Gasteiger partial charge on any atom is 0.255 e. The van der Waals surface area contributed by atoms with Crippen LogP contribution in [0, 0.1) is 0 Å². The van der Waals surface area contributed by atoms with Crippen molar-refractivity contribution in [3.8, 4) is 5.75 Å². The number of nitrogens with one attached hydrogen (secondary N) is 1. The Morgan fingerprint density at radius 3 is 2.38 bits per heavy atom. The van der Waals surface area contributed by atoms with Crippen molar-refractivity contribution in [2.24, 2.45) is 0 Å². The second-order valence-corrected chi connectivity index (χ2v) is 5.56. The van der Waals surface area contributed by atoms with Gasteiger partial charge in [0.15, 0.2) is 0 Å². The molecule has 1 saturated heterocycles. The van der Waals surface area contributed by atoms with Crippen LogP contribution in [0.5, 0.6) is 5.75 Å². The van der Waals surface area contributed by atoms with Crippen molar-refractivity contribution in [3.05, 3.63) is 54.1 Å². The summed E-state index contributed by atoms with van der Waals surface area (Å²) in [6, 6.07) is 15.1. The molecule has 1 aliphatic rings. The van der Waals surface area contributed by atoms with Gasteiger partial charge in [-0.3, -0.25) is 4.79 Å². The summed E-state index contributed by atoms with van der Waals surface area (Å²) < 4.78 is 10.8. The van der Waals surface area contributed by atoms with Gasteiger partial charge in [-0.2, -0.15) is 0 Å². The first-order valence-electron chi connectivity index (χ1n) is 8.23. The zero-order valence-electron chi connectivity index (χ0n) is 13.8. The van der Waals surface area contributed by atoms with E-state index < -0.39 is 0 Å². The summed E-state index contributed by atoms with van der Waals surface area (Å²) in [7, 11) is 0. The van der Waals surface area contributed by atoms with E-state index in [0.29, 0.717) is 12.2 Å². The van der Waals surface area contributed by atoms with Gasteiger partial charge in [0.2, 0.25) is 0 Å². The molecule has 1 N–H and O–H groups in total. The SMILES string of the molecule is CCOc1ccc(NC(=O)c2ccc(N3CCOCC3)cc2)cc1. The van der Waals surface area contributed by atoms with Gasteiger partial charge < -0.3 is 19.7 Å². The molecule has 0 aromatic heterocycles. The second kappa shape index (κ2) is 7.84. The summed E-state index contributed by atoms with van der Waals surface area (Å²) in [5.74, 6) is 0.679. The van der Waals surface area contributed by atoms with Crippen molar-refractivity contribution < 1.29 is 14.3 Å². The Kier molecular flexibility index (Phi) is 5.33. The molecule has 0 aliphatic carbocycles. The molecule has 0 radical (unpaired) electrons. The van der Waals surface area contributed by atoms with E-state index in [1.54, 1.807) is 0 Å². The van der Waals surface area contributed by atoms with Crippen LogP contribution in [0.15, 0.2) is 48.5 Å². The lowest BCUT2D eigenvalue weighted by molar-refractivity contribution is 0.102. The first kappa shape index (κ1) is 16.3. The van der Waals surface area contributed by atoms with E-state index in [2.05, 4.69) is 10.2 Å². The summed E-state index contributed by atoms with van der Waals surface area (Å²) in [6.45, 7) is 5.84. The molecule has 24 heavy (non-hydrogen) atoms. The fourth-order valence-electron chi connectivity index (χ4n) is 2.65. The molecule has 0 unspecified atom stereocenters. The van der Waals surface area contributed by atoms with Crippen molar-refractivity contribution in [1.82, 2.24) is 0 Å². The van der Waals surface area contributed by atoms with E-state index >= 15 is 0 Å². The Morgan fingerprint density at radius 1 is 1.08 bits per heavy atom. The van der Waals surface area contributed by atoms with E-state index in [9.17, 15) is 4.79 Å². The van der Waals surface area contributed by atoms with E-state index in [0.717, 1.165) is 43.4 Å². The lowest BCUT2D eigenvalue weighted by Crippen LogP contribution is -2.36. The minimum atomic E-state index is -0.118. The maximum absolute atomic E-state index is 12.3. The molecule has 1 heterocycles. The number of ether oxygens (including phenoxy) is 2. The number of hydrogen-bond donors (Lipinski definition) is 1. The number of carbonyl (C=O) groups is 1. The van der Waals surface area contributed by atoms with Crippen LogP contribution < -0.4 is 15.0 Å². The van der Waals surface area contributed by atoms with Gasteiger partial charge >= 0.3 is 0 Å². The molecule has 1 amide bonds. The fraction of sp³-hybridized carbons (Fsp3) is 0.316. The standard InChI is InChI=1S/C19H22N2O3/c1-2-24-18-9-5-16(6-10-18)20-19(22)15-3-7-17(8-4-15)21-11-13-23-14-12-21/h3-10H,2,11-14H2,1H3,(H,20,22). The van der Waals surface area contributed by atoms with Crippen LogP contribution in [0.3, 0.4) is 0 Å². The summed E-state index contributed by atoms with van der Waals surface area (Å²) in [5, 5.41) is 2.90. The van der Waals surface area contributed by atoms with Gasteiger partial charge in [0.1, 0.15) is 5.75 Å². The largest absolute Gasteiger partial charge is 0.494 e. The molecular weight excluding hydrogens is 304 g/mol. The molecule has 126 valence electrons. The zero-order valence-corrected chi connectivity index (χ0v) is 13.8. The topological polar surface area (TPSA) is 50.8 Å². The van der Waals surface area contributed by atoms with Crippen LogP contribution in [0.1, 0.15) is 17.3 Å². The van der Waals surface area contributed by atoms with Gasteiger partial charge in [-0.05, 0) is 55.5 Å². The smallest absolute Gasteiger partial charge is 0.255 e. The number of carbonyl (C=O) groups excluding carboxylic acids is 1. The van der Waals surface area contributed by atoms with Gasteiger partial charge in [-0.15, -0.1) is 0 Å². The monoisotopic (exact) mass is 326 g/mol. The molecule has 2 aromatic carbocycles. The number of rotatable bonds is 5. The van der Waals surface area contributed by atoms with Gasteiger partial charge in [-0.25, -0.2) is 0 Å². The van der Waals surface area contributed by atoms with Crippen LogP contribution in [0.4, 0.5) is 11.4 Å². The van der Waals surface area contributed by atoms with Crippen molar-refractivity contribution in [2.45, 2.75) is 6.92 Å². The Labute approximate surface area is 142 Å². The number of nitrogens with zero attached hydrogens (tertiary/aromatic N) is 1. The summed E-state index contributed by atoms with van der Waals surface area (Å²) in [6.07, 6.45) is 0. The lowest BCUT2D eigenvalue weighted by atomic mass is 10.1. The van der Waals surface area contributed by atoms with Crippen molar-refractivity contribution in [1.29, 1.82) is 0 Å². The molecule has 5 nitrogen and oxygen atoms in total. The third-order valence-corrected chi connectivity index (χ3v) is 3.93. The quantitative estimate of drug-likeness (QED) is 0.917. The van der Waals surface area contributed by atoms with Crippen LogP contribution in [-0.2, 0) is 4.74 Å². The van der Waals surface area contributed by atoms with Gasteiger partial charge in [0, 0.05) is 30.0 Å². The van der Waals surface area contributed by atoms with E-state index in [-0.39, 0.29) is 5.91 Å². The molecular formula is C19H22N2O3. The molecule has 0 atom stereocenters. The predicted octanol–water partition coefficient (Wildman–Crippen LogP) is 3.17. The van der Waals surface area contributed by atoms with Crippen LogP contribution >= 0.6 is 0 Å². The highest BCUT2D eigenvalue weighted by atomic mass is 16.5. The first-order valence-corrected chi connectivity index (χ1v) is 8.23. The molecule has 2 aromatic rings. The van der Waals surface area contributed by atoms with Crippen molar-refractivity contribution in [3.63, 3.8) is 0 Å². The van der Waals surface area contributed by atoms with Crippen molar-refractivity contribution in [2.75, 3.05) is 43.1 Å². The predicted molar refractivity (Wildman–Crippen MR) is 95.0 cm³/mol. The number of amides is 1. The highest BCUT2D eigenvalue weighted by Crippen LogP contribution is 2.19. The third kappa shape index (κ3) is 4.06. The fourth-order valence-corrected chi connectivity index (χ4v) is 2.65. The highest BCUT2D eigenvalue weighted by Gasteiger charge is 2.12.